The number of hydrogen-bond acceptors (Lipinski definition) is 2. The number of nitriles is 1. The van der Waals surface area contributed by atoms with Gasteiger partial charge in [-0.2, -0.15) is 5.26 Å². The van der Waals surface area contributed by atoms with Gasteiger partial charge in [-0.25, -0.2) is 4.98 Å². The Morgan fingerprint density at radius 3 is 2.88 bits per heavy atom. The van der Waals surface area contributed by atoms with E-state index in [2.05, 4.69) is 35.5 Å². The predicted octanol–water partition coefficient (Wildman–Crippen LogP) is 3.46. The number of imidazole rings is 1. The van der Waals surface area contributed by atoms with Crippen LogP contribution < -0.4 is 0 Å². The highest BCUT2D eigenvalue weighted by atomic mass is 15.1. The average molecular weight is 227 g/mol. The second-order valence-electron chi connectivity index (χ2n) is 4.35. The largest absolute Gasteiger partial charge is 0.324 e. The maximum absolute atomic E-state index is 8.84. The fraction of sp³-hybridized carbons (Fsp3) is 0.429. The van der Waals surface area contributed by atoms with Gasteiger partial charge in [0.25, 0.3) is 0 Å². The molecule has 0 aliphatic heterocycles. The summed E-state index contributed by atoms with van der Waals surface area (Å²) in [7, 11) is 0. The van der Waals surface area contributed by atoms with Crippen molar-refractivity contribution in [3.63, 3.8) is 0 Å². The fourth-order valence-electron chi connectivity index (χ4n) is 2.21. The van der Waals surface area contributed by atoms with Gasteiger partial charge >= 0.3 is 0 Å². The molecule has 0 saturated heterocycles. The Hall–Kier alpha value is -1.82. The highest BCUT2D eigenvalue weighted by molar-refractivity contribution is 5.76. The van der Waals surface area contributed by atoms with Gasteiger partial charge in [-0.05, 0) is 25.5 Å². The second-order valence-corrected chi connectivity index (χ2v) is 4.35. The number of aromatic nitrogens is 2. The van der Waals surface area contributed by atoms with E-state index >= 15 is 0 Å². The Bertz CT molecular complexity index is 548. The molecule has 0 N–H and O–H groups in total. The third-order valence-electron chi connectivity index (χ3n) is 2.97. The maximum Gasteiger partial charge on any atom is 0.110 e. The van der Waals surface area contributed by atoms with Crippen molar-refractivity contribution in [1.82, 2.24) is 9.55 Å². The average Bonchev–Trinajstić information content (AvgIpc) is 2.67. The van der Waals surface area contributed by atoms with Crippen molar-refractivity contribution in [2.45, 2.75) is 39.2 Å². The van der Waals surface area contributed by atoms with Crippen LogP contribution in [-0.2, 0) is 6.42 Å². The van der Waals surface area contributed by atoms with Crippen LogP contribution in [0.4, 0.5) is 0 Å². The monoisotopic (exact) mass is 227 g/mol. The Kier molecular flexibility index (Phi) is 3.43. The van der Waals surface area contributed by atoms with Gasteiger partial charge in [-0.15, -0.1) is 0 Å². The highest BCUT2D eigenvalue weighted by Crippen LogP contribution is 2.23. The second kappa shape index (κ2) is 5.01. The zero-order chi connectivity index (χ0) is 12.3. The van der Waals surface area contributed by atoms with Crippen LogP contribution in [0.3, 0.4) is 0 Å². The number of aryl methyl sites for hydroxylation is 1. The van der Waals surface area contributed by atoms with E-state index in [4.69, 9.17) is 5.26 Å². The van der Waals surface area contributed by atoms with Crippen LogP contribution in [0.2, 0.25) is 0 Å². The van der Waals surface area contributed by atoms with Gasteiger partial charge in [0.05, 0.1) is 23.5 Å². The number of hydrogen-bond donors (Lipinski definition) is 0. The smallest absolute Gasteiger partial charge is 0.110 e. The van der Waals surface area contributed by atoms with Gasteiger partial charge in [-0.3, -0.25) is 0 Å². The van der Waals surface area contributed by atoms with Crippen LogP contribution in [0.5, 0.6) is 0 Å². The summed E-state index contributed by atoms with van der Waals surface area (Å²) in [5, 5.41) is 8.84. The quantitative estimate of drug-likeness (QED) is 0.802. The standard InChI is InChI=1S/C14H17N3/c1-3-6-14-16-12-7-4-5-8-13(12)17(14)11(2)9-10-15/h4-5,7-8,11H,3,6,9H2,1-2H3. The van der Waals surface area contributed by atoms with Crippen LogP contribution in [0, 0.1) is 11.3 Å². The molecule has 0 fully saturated rings. The van der Waals surface area contributed by atoms with Gasteiger partial charge in [-0.1, -0.05) is 19.1 Å². The van der Waals surface area contributed by atoms with Crippen molar-refractivity contribution in [2.24, 2.45) is 0 Å². The summed E-state index contributed by atoms with van der Waals surface area (Å²) in [5.74, 6) is 1.09. The maximum atomic E-state index is 8.84. The van der Waals surface area contributed by atoms with Crippen LogP contribution in [-0.4, -0.2) is 9.55 Å². The Morgan fingerprint density at radius 1 is 1.41 bits per heavy atom. The normalized spacial score (nSPS) is 12.5. The number of nitrogens with zero attached hydrogens (tertiary/aromatic N) is 3. The van der Waals surface area contributed by atoms with Crippen molar-refractivity contribution in [1.29, 1.82) is 5.26 Å². The third-order valence-corrected chi connectivity index (χ3v) is 2.97. The number of benzene rings is 1. The van der Waals surface area contributed by atoms with Crippen LogP contribution in [0.25, 0.3) is 11.0 Å². The van der Waals surface area contributed by atoms with E-state index in [0.717, 1.165) is 29.7 Å². The van der Waals surface area contributed by atoms with E-state index in [0.29, 0.717) is 6.42 Å². The first-order chi connectivity index (χ1) is 8.27. The number of para-hydroxylation sites is 2. The van der Waals surface area contributed by atoms with E-state index in [1.54, 1.807) is 0 Å². The summed E-state index contributed by atoms with van der Waals surface area (Å²) >= 11 is 0. The highest BCUT2D eigenvalue weighted by Gasteiger charge is 2.14. The van der Waals surface area contributed by atoms with E-state index in [1.165, 1.54) is 0 Å². The minimum atomic E-state index is 0.189. The molecule has 0 aliphatic rings. The summed E-state index contributed by atoms with van der Waals surface area (Å²) in [6.07, 6.45) is 2.56. The van der Waals surface area contributed by atoms with E-state index in [9.17, 15) is 0 Å². The molecule has 0 spiro atoms. The van der Waals surface area contributed by atoms with Crippen LogP contribution in [0.1, 0.15) is 38.6 Å². The Morgan fingerprint density at radius 2 is 2.18 bits per heavy atom. The first-order valence-corrected chi connectivity index (χ1v) is 6.10. The molecule has 0 amide bonds. The molecule has 1 heterocycles. The third kappa shape index (κ3) is 2.16. The molecule has 88 valence electrons. The van der Waals surface area contributed by atoms with Gasteiger partial charge in [0.2, 0.25) is 0 Å². The molecule has 2 rings (SSSR count). The van der Waals surface area contributed by atoms with Crippen LogP contribution in [0.15, 0.2) is 24.3 Å². The lowest BCUT2D eigenvalue weighted by molar-refractivity contribution is 0.545. The minimum absolute atomic E-state index is 0.189. The topological polar surface area (TPSA) is 41.6 Å². The zero-order valence-corrected chi connectivity index (χ0v) is 10.3. The molecule has 17 heavy (non-hydrogen) atoms. The molecule has 0 radical (unpaired) electrons. The molecule has 3 nitrogen and oxygen atoms in total. The van der Waals surface area contributed by atoms with Gasteiger partial charge < -0.3 is 4.57 Å². The predicted molar refractivity (Wildman–Crippen MR) is 68.7 cm³/mol. The molecule has 3 heteroatoms. The molecule has 1 aromatic heterocycles. The molecule has 0 aliphatic carbocycles. The summed E-state index contributed by atoms with van der Waals surface area (Å²) in [4.78, 5) is 4.66. The lowest BCUT2D eigenvalue weighted by Crippen LogP contribution is -2.08. The molecular formula is C14H17N3. The SMILES string of the molecule is CCCc1nc2ccccc2n1C(C)CC#N. The Labute approximate surface area is 102 Å². The minimum Gasteiger partial charge on any atom is -0.324 e. The van der Waals surface area contributed by atoms with Crippen molar-refractivity contribution in [3.05, 3.63) is 30.1 Å². The van der Waals surface area contributed by atoms with E-state index in [1.807, 2.05) is 18.2 Å². The summed E-state index contributed by atoms with van der Waals surface area (Å²) in [5.41, 5.74) is 2.17. The molecule has 2 aromatic rings. The van der Waals surface area contributed by atoms with E-state index < -0.39 is 0 Å². The van der Waals surface area contributed by atoms with Crippen molar-refractivity contribution in [3.8, 4) is 6.07 Å². The zero-order valence-electron chi connectivity index (χ0n) is 10.3. The summed E-state index contributed by atoms with van der Waals surface area (Å²) in [6, 6.07) is 10.6. The van der Waals surface area contributed by atoms with Crippen LogP contribution >= 0.6 is 0 Å². The molecule has 1 unspecified atom stereocenters. The first kappa shape index (κ1) is 11.7. The van der Waals surface area contributed by atoms with Crippen molar-refractivity contribution in [2.75, 3.05) is 0 Å². The molecule has 1 atom stereocenters. The molecule has 1 aromatic carbocycles. The molecule has 0 bridgehead atoms. The summed E-state index contributed by atoms with van der Waals surface area (Å²) in [6.45, 7) is 4.23. The number of rotatable bonds is 4. The first-order valence-electron chi connectivity index (χ1n) is 6.10. The van der Waals surface area contributed by atoms with Gasteiger partial charge in [0.15, 0.2) is 0 Å². The summed E-state index contributed by atoms with van der Waals surface area (Å²) < 4.78 is 2.21. The Balaban J connectivity index is 2.55. The molecular weight excluding hydrogens is 210 g/mol. The lowest BCUT2D eigenvalue weighted by atomic mass is 10.2. The van der Waals surface area contributed by atoms with Gasteiger partial charge in [0.1, 0.15) is 5.82 Å². The fourth-order valence-corrected chi connectivity index (χ4v) is 2.21. The van der Waals surface area contributed by atoms with Crippen molar-refractivity contribution >= 4 is 11.0 Å². The molecule has 0 saturated carbocycles. The van der Waals surface area contributed by atoms with E-state index in [-0.39, 0.29) is 6.04 Å². The van der Waals surface area contributed by atoms with Gasteiger partial charge in [0, 0.05) is 12.5 Å². The number of fused-ring (bicyclic) bond motifs is 1. The van der Waals surface area contributed by atoms with Crippen molar-refractivity contribution < 1.29 is 0 Å². The lowest BCUT2D eigenvalue weighted by Gasteiger charge is -2.14.